The molecule has 0 aliphatic carbocycles. The maximum Gasteiger partial charge on any atom is 0.389 e. The molecule has 0 amide bonds. The van der Waals surface area contributed by atoms with Crippen molar-refractivity contribution in [1.29, 1.82) is 0 Å². The molecule has 0 saturated carbocycles. The Kier molecular flexibility index (Phi) is 5.26. The van der Waals surface area contributed by atoms with Crippen LogP contribution in [0.5, 0.6) is 0 Å². The van der Waals surface area contributed by atoms with Crippen LogP contribution in [-0.2, 0) is 17.9 Å². The van der Waals surface area contributed by atoms with Gasteiger partial charge in [0.25, 0.3) is 0 Å². The molecule has 0 aliphatic heterocycles. The Morgan fingerprint density at radius 2 is 2.19 bits per heavy atom. The molecule has 0 aliphatic rings. The Labute approximate surface area is 125 Å². The summed E-state index contributed by atoms with van der Waals surface area (Å²) < 4.78 is 6.69. The van der Waals surface area contributed by atoms with Crippen LogP contribution < -0.4 is 0 Å². The first-order valence-electron chi connectivity index (χ1n) is 6.23. The molecule has 2 aromatic rings. The van der Waals surface area contributed by atoms with Crippen molar-refractivity contribution in [2.75, 3.05) is 6.61 Å². The molecule has 8 heteroatoms. The highest BCUT2D eigenvalue weighted by Crippen LogP contribution is 2.15. The molecule has 0 radical (unpaired) electrons. The molecule has 2 rings (SSSR count). The molecule has 7 nitrogen and oxygen atoms in total. The van der Waals surface area contributed by atoms with Crippen LogP contribution in [0, 0.1) is 10.1 Å². The summed E-state index contributed by atoms with van der Waals surface area (Å²) in [5, 5.41) is 24.6. The molecule has 1 aromatic carbocycles. The van der Waals surface area contributed by atoms with Crippen LogP contribution in [0.15, 0.2) is 36.5 Å². The van der Waals surface area contributed by atoms with Crippen LogP contribution in [0.25, 0.3) is 0 Å². The zero-order chi connectivity index (χ0) is 15.2. The summed E-state index contributed by atoms with van der Waals surface area (Å²) in [4.78, 5) is 9.90. The minimum atomic E-state index is -0.813. The van der Waals surface area contributed by atoms with Crippen LogP contribution in [-0.4, -0.2) is 32.5 Å². The normalized spacial score (nSPS) is 12.3. The molecule has 21 heavy (non-hydrogen) atoms. The van der Waals surface area contributed by atoms with Gasteiger partial charge in [0.2, 0.25) is 0 Å². The number of aromatic nitrogens is 2. The van der Waals surface area contributed by atoms with E-state index >= 15 is 0 Å². The molecule has 0 spiro atoms. The fourth-order valence-corrected chi connectivity index (χ4v) is 1.93. The third-order valence-corrected chi connectivity index (χ3v) is 3.11. The van der Waals surface area contributed by atoms with E-state index in [1.54, 1.807) is 6.07 Å². The lowest BCUT2D eigenvalue weighted by atomic mass is 10.2. The highest BCUT2D eigenvalue weighted by atomic mass is 35.5. The third-order valence-electron chi connectivity index (χ3n) is 2.74. The van der Waals surface area contributed by atoms with Gasteiger partial charge in [-0.3, -0.25) is 0 Å². The van der Waals surface area contributed by atoms with Crippen LogP contribution in [0.1, 0.15) is 5.56 Å². The van der Waals surface area contributed by atoms with Crippen LogP contribution in [0.3, 0.4) is 0 Å². The highest BCUT2D eigenvalue weighted by molar-refractivity contribution is 6.31. The number of nitro groups is 1. The minimum Gasteiger partial charge on any atom is -0.389 e. The first kappa shape index (κ1) is 15.4. The van der Waals surface area contributed by atoms with Crippen molar-refractivity contribution in [2.45, 2.75) is 19.3 Å². The van der Waals surface area contributed by atoms with E-state index in [2.05, 4.69) is 5.10 Å². The molecule has 1 unspecified atom stereocenters. The van der Waals surface area contributed by atoms with E-state index in [0.717, 1.165) is 5.56 Å². The van der Waals surface area contributed by atoms with Crippen molar-refractivity contribution in [3.63, 3.8) is 0 Å². The van der Waals surface area contributed by atoms with E-state index < -0.39 is 11.0 Å². The van der Waals surface area contributed by atoms with E-state index in [1.807, 2.05) is 18.2 Å². The van der Waals surface area contributed by atoms with Gasteiger partial charge >= 0.3 is 5.82 Å². The fraction of sp³-hybridized carbons (Fsp3) is 0.308. The Balaban J connectivity index is 1.78. The van der Waals surface area contributed by atoms with Crippen molar-refractivity contribution in [3.8, 4) is 0 Å². The summed E-state index contributed by atoms with van der Waals surface area (Å²) in [5.41, 5.74) is 0.834. The Morgan fingerprint density at radius 3 is 2.86 bits per heavy atom. The lowest BCUT2D eigenvalue weighted by Gasteiger charge is -2.10. The topological polar surface area (TPSA) is 90.4 Å². The maximum atomic E-state index is 10.5. The molecule has 0 bridgehead atoms. The quantitative estimate of drug-likeness (QED) is 0.624. The molecular weight excluding hydrogens is 298 g/mol. The van der Waals surface area contributed by atoms with E-state index in [0.29, 0.717) is 5.02 Å². The van der Waals surface area contributed by atoms with Gasteiger partial charge in [-0.05, 0) is 16.6 Å². The number of aliphatic hydroxyl groups is 1. The van der Waals surface area contributed by atoms with Crippen LogP contribution in [0.2, 0.25) is 5.02 Å². The second kappa shape index (κ2) is 7.16. The number of hydrogen-bond donors (Lipinski definition) is 1. The summed E-state index contributed by atoms with van der Waals surface area (Å²) in [5.74, 6) is -0.251. The predicted octanol–water partition coefficient (Wildman–Crippen LogP) is 2.02. The average Bonchev–Trinajstić information content (AvgIpc) is 2.89. The van der Waals surface area contributed by atoms with Crippen LogP contribution in [0.4, 0.5) is 5.82 Å². The van der Waals surface area contributed by atoms with Gasteiger partial charge in [0, 0.05) is 5.02 Å². The van der Waals surface area contributed by atoms with E-state index in [1.165, 1.54) is 16.9 Å². The number of halogens is 1. The lowest BCUT2D eigenvalue weighted by molar-refractivity contribution is -0.389. The van der Waals surface area contributed by atoms with Gasteiger partial charge in [0.05, 0.1) is 43.2 Å². The molecule has 1 aromatic heterocycles. The molecule has 1 N–H and O–H groups in total. The third kappa shape index (κ3) is 4.52. The molecule has 112 valence electrons. The zero-order valence-electron chi connectivity index (χ0n) is 11.1. The number of aliphatic hydroxyl groups excluding tert-OH is 1. The summed E-state index contributed by atoms with van der Waals surface area (Å²) in [6, 6.07) is 8.55. The SMILES string of the molecule is O=[N+]([O-])c1ccn(CC(O)COCc2ccccc2Cl)n1. The summed E-state index contributed by atoms with van der Waals surface area (Å²) in [6.07, 6.45) is 0.627. The molecule has 1 atom stereocenters. The van der Waals surface area contributed by atoms with E-state index in [4.69, 9.17) is 16.3 Å². The number of nitrogens with zero attached hydrogens (tertiary/aromatic N) is 3. The Bertz CT molecular complexity index is 617. The monoisotopic (exact) mass is 311 g/mol. The van der Waals surface area contributed by atoms with Gasteiger partial charge in [-0.2, -0.15) is 4.68 Å². The molecular formula is C13H14ClN3O4. The largest absolute Gasteiger partial charge is 0.389 e. The van der Waals surface area contributed by atoms with Gasteiger partial charge in [-0.15, -0.1) is 0 Å². The second-order valence-electron chi connectivity index (χ2n) is 4.41. The van der Waals surface area contributed by atoms with Gasteiger partial charge in [0.1, 0.15) is 0 Å². The van der Waals surface area contributed by atoms with Crippen molar-refractivity contribution < 1.29 is 14.8 Å². The zero-order valence-corrected chi connectivity index (χ0v) is 11.8. The van der Waals surface area contributed by atoms with E-state index in [9.17, 15) is 15.2 Å². The standard InChI is InChI=1S/C13H14ClN3O4/c14-12-4-2-1-3-10(12)8-21-9-11(18)7-16-6-5-13(15-16)17(19)20/h1-6,11,18H,7-9H2. The van der Waals surface area contributed by atoms with E-state index in [-0.39, 0.29) is 25.6 Å². The van der Waals surface area contributed by atoms with Crippen molar-refractivity contribution in [2.24, 2.45) is 0 Å². The van der Waals surface area contributed by atoms with Crippen molar-refractivity contribution >= 4 is 17.4 Å². The predicted molar refractivity (Wildman–Crippen MR) is 76.0 cm³/mol. The highest BCUT2D eigenvalue weighted by Gasteiger charge is 2.14. The van der Waals surface area contributed by atoms with Gasteiger partial charge < -0.3 is 20.0 Å². The smallest absolute Gasteiger partial charge is 0.389 e. The van der Waals surface area contributed by atoms with Crippen molar-refractivity contribution in [3.05, 3.63) is 57.2 Å². The van der Waals surface area contributed by atoms with Gasteiger partial charge in [-0.1, -0.05) is 29.8 Å². The molecule has 0 fully saturated rings. The van der Waals surface area contributed by atoms with Gasteiger partial charge in [-0.25, -0.2) is 0 Å². The number of benzene rings is 1. The summed E-state index contributed by atoms with van der Waals surface area (Å²) in [6.45, 7) is 0.491. The number of rotatable bonds is 7. The lowest BCUT2D eigenvalue weighted by Crippen LogP contribution is -2.22. The van der Waals surface area contributed by atoms with Gasteiger partial charge in [0.15, 0.2) is 0 Å². The Morgan fingerprint density at radius 1 is 1.43 bits per heavy atom. The minimum absolute atomic E-state index is 0.0822. The Hall–Kier alpha value is -1.96. The first-order valence-corrected chi connectivity index (χ1v) is 6.61. The number of hydrogen-bond acceptors (Lipinski definition) is 5. The maximum absolute atomic E-state index is 10.5. The van der Waals surface area contributed by atoms with Crippen molar-refractivity contribution in [1.82, 2.24) is 9.78 Å². The molecule has 0 saturated heterocycles. The van der Waals surface area contributed by atoms with Crippen LogP contribution >= 0.6 is 11.6 Å². The number of ether oxygens (including phenoxy) is 1. The summed E-state index contributed by atoms with van der Waals surface area (Å²) >= 11 is 5.98. The average molecular weight is 312 g/mol. The first-order chi connectivity index (χ1) is 10.1. The fourth-order valence-electron chi connectivity index (χ4n) is 1.74. The summed E-state index contributed by atoms with van der Waals surface area (Å²) in [7, 11) is 0. The second-order valence-corrected chi connectivity index (χ2v) is 4.82. The molecule has 1 heterocycles.